The molecule has 2 N–H and O–H groups in total. The normalized spacial score (nSPS) is 15.5. The highest BCUT2D eigenvalue weighted by molar-refractivity contribution is 5.93. The molecule has 1 fully saturated rings. The van der Waals surface area contributed by atoms with Crippen LogP contribution in [0.5, 0.6) is 0 Å². The van der Waals surface area contributed by atoms with Gasteiger partial charge in [0.2, 0.25) is 5.91 Å². The van der Waals surface area contributed by atoms with Crippen molar-refractivity contribution in [3.63, 3.8) is 0 Å². The van der Waals surface area contributed by atoms with E-state index in [0.29, 0.717) is 43.0 Å². The van der Waals surface area contributed by atoms with Crippen LogP contribution in [0.4, 0.5) is 10.2 Å². The number of aliphatic hydroxyl groups is 1. The minimum Gasteiger partial charge on any atom is -0.393 e. The van der Waals surface area contributed by atoms with Crippen molar-refractivity contribution < 1.29 is 14.3 Å². The van der Waals surface area contributed by atoms with Crippen LogP contribution in [0.1, 0.15) is 29.7 Å². The second-order valence-electron chi connectivity index (χ2n) is 6.91. The van der Waals surface area contributed by atoms with E-state index >= 15 is 0 Å². The van der Waals surface area contributed by atoms with Gasteiger partial charge in [-0.3, -0.25) is 14.3 Å². The Morgan fingerprint density at radius 2 is 1.93 bits per heavy atom. The third kappa shape index (κ3) is 4.02. The summed E-state index contributed by atoms with van der Waals surface area (Å²) in [5.41, 5.74) is 2.67. The zero-order valence-electron chi connectivity index (χ0n) is 15.5. The molecule has 2 heterocycles. The molecule has 0 aliphatic carbocycles. The summed E-state index contributed by atoms with van der Waals surface area (Å²) in [5.74, 6) is -0.163. The Labute approximate surface area is 157 Å². The SMILES string of the molecule is Cc1c(C#N)c(NC(=O)CN2CCC(O)CC2)n(-c2ccc(F)cc2)c1C. The molecule has 1 saturated heterocycles. The summed E-state index contributed by atoms with van der Waals surface area (Å²) in [6, 6.07) is 8.09. The van der Waals surface area contributed by atoms with Crippen LogP contribution in [0, 0.1) is 31.0 Å². The molecular formula is C20H23FN4O2. The fraction of sp³-hybridized carbons (Fsp3) is 0.400. The largest absolute Gasteiger partial charge is 0.393 e. The van der Waals surface area contributed by atoms with Crippen LogP contribution in [-0.4, -0.2) is 46.2 Å². The van der Waals surface area contributed by atoms with E-state index in [9.17, 15) is 19.6 Å². The summed E-state index contributed by atoms with van der Waals surface area (Å²) in [7, 11) is 0. The van der Waals surface area contributed by atoms with Gasteiger partial charge in [0.1, 0.15) is 17.7 Å². The van der Waals surface area contributed by atoms with Crippen LogP contribution in [0.3, 0.4) is 0 Å². The smallest absolute Gasteiger partial charge is 0.239 e. The van der Waals surface area contributed by atoms with E-state index in [2.05, 4.69) is 11.4 Å². The second kappa shape index (κ2) is 7.91. The van der Waals surface area contributed by atoms with Gasteiger partial charge in [-0.15, -0.1) is 0 Å². The van der Waals surface area contributed by atoms with Gasteiger partial charge in [-0.2, -0.15) is 5.26 Å². The van der Waals surface area contributed by atoms with Gasteiger partial charge < -0.3 is 10.4 Å². The maximum absolute atomic E-state index is 13.3. The molecule has 0 atom stereocenters. The van der Waals surface area contributed by atoms with E-state index in [1.54, 1.807) is 16.7 Å². The molecule has 1 aliphatic rings. The number of nitrogens with one attached hydrogen (secondary N) is 1. The van der Waals surface area contributed by atoms with Crippen molar-refractivity contribution in [3.8, 4) is 11.8 Å². The minimum absolute atomic E-state index is 0.199. The number of rotatable bonds is 4. The quantitative estimate of drug-likeness (QED) is 0.866. The van der Waals surface area contributed by atoms with Crippen LogP contribution >= 0.6 is 0 Å². The van der Waals surface area contributed by atoms with Gasteiger partial charge in [-0.1, -0.05) is 0 Å². The third-order valence-corrected chi connectivity index (χ3v) is 5.09. The number of likely N-dealkylation sites (tertiary alicyclic amines) is 1. The van der Waals surface area contributed by atoms with Crippen LogP contribution in [-0.2, 0) is 4.79 Å². The number of amides is 1. The first kappa shape index (κ1) is 19.1. The Morgan fingerprint density at radius 1 is 1.30 bits per heavy atom. The highest BCUT2D eigenvalue weighted by Gasteiger charge is 2.23. The van der Waals surface area contributed by atoms with Gasteiger partial charge in [-0.05, 0) is 56.5 Å². The number of halogens is 1. The Balaban J connectivity index is 1.87. The molecule has 1 aromatic carbocycles. The van der Waals surface area contributed by atoms with Crippen LogP contribution in [0.25, 0.3) is 5.69 Å². The molecular weight excluding hydrogens is 347 g/mol. The molecule has 142 valence electrons. The van der Waals surface area contributed by atoms with Gasteiger partial charge >= 0.3 is 0 Å². The fourth-order valence-corrected chi connectivity index (χ4v) is 3.43. The summed E-state index contributed by atoms with van der Waals surface area (Å²) in [5, 5.41) is 22.0. The fourth-order valence-electron chi connectivity index (χ4n) is 3.43. The molecule has 27 heavy (non-hydrogen) atoms. The molecule has 1 amide bonds. The number of nitriles is 1. The summed E-state index contributed by atoms with van der Waals surface area (Å²) < 4.78 is 15.1. The van der Waals surface area contributed by atoms with Crippen LogP contribution in [0.15, 0.2) is 24.3 Å². The number of piperidine rings is 1. The predicted octanol–water partition coefficient (Wildman–Crippen LogP) is 2.50. The van der Waals surface area contributed by atoms with Crippen molar-refractivity contribution in [2.45, 2.75) is 32.8 Å². The Morgan fingerprint density at radius 3 is 2.52 bits per heavy atom. The number of carbonyl (C=O) groups is 1. The standard InChI is InChI=1S/C20H23FN4O2/c1-13-14(2)25(16-5-3-15(21)4-6-16)20(18(13)11-22)23-19(27)12-24-9-7-17(26)8-10-24/h3-6,17,26H,7-10,12H2,1-2H3,(H,23,27). The molecule has 6 nitrogen and oxygen atoms in total. The third-order valence-electron chi connectivity index (χ3n) is 5.09. The number of anilines is 1. The number of nitrogens with zero attached hydrogens (tertiary/aromatic N) is 3. The molecule has 7 heteroatoms. The molecule has 0 spiro atoms. The van der Waals surface area contributed by atoms with Crippen molar-refractivity contribution in [1.82, 2.24) is 9.47 Å². The lowest BCUT2D eigenvalue weighted by atomic mass is 10.1. The zero-order valence-corrected chi connectivity index (χ0v) is 15.5. The lowest BCUT2D eigenvalue weighted by Crippen LogP contribution is -2.40. The highest BCUT2D eigenvalue weighted by atomic mass is 19.1. The molecule has 1 aliphatic heterocycles. The zero-order chi connectivity index (χ0) is 19.6. The van der Waals surface area contributed by atoms with Gasteiger partial charge in [0.25, 0.3) is 0 Å². The molecule has 3 rings (SSSR count). The number of aliphatic hydroxyl groups excluding tert-OH is 1. The lowest BCUT2D eigenvalue weighted by molar-refractivity contribution is -0.117. The summed E-state index contributed by atoms with van der Waals surface area (Å²) >= 11 is 0. The summed E-state index contributed by atoms with van der Waals surface area (Å²) in [6.07, 6.45) is 1.01. The first-order valence-electron chi connectivity index (χ1n) is 8.99. The molecule has 0 saturated carbocycles. The Bertz CT molecular complexity index is 875. The van der Waals surface area contributed by atoms with E-state index in [0.717, 1.165) is 11.3 Å². The average Bonchev–Trinajstić information content (AvgIpc) is 2.88. The molecule has 2 aromatic rings. The molecule has 0 unspecified atom stereocenters. The first-order chi connectivity index (χ1) is 12.9. The Hall–Kier alpha value is -2.69. The van der Waals surface area contributed by atoms with Crippen molar-refractivity contribution >= 4 is 11.7 Å². The van der Waals surface area contributed by atoms with Gasteiger partial charge in [0.15, 0.2) is 0 Å². The van der Waals surface area contributed by atoms with Crippen molar-refractivity contribution in [2.24, 2.45) is 0 Å². The van der Waals surface area contributed by atoms with E-state index < -0.39 is 0 Å². The minimum atomic E-state index is -0.348. The number of hydrogen-bond donors (Lipinski definition) is 2. The van der Waals surface area contributed by atoms with Gasteiger partial charge in [-0.25, -0.2) is 4.39 Å². The topological polar surface area (TPSA) is 81.3 Å². The molecule has 0 bridgehead atoms. The predicted molar refractivity (Wildman–Crippen MR) is 100 cm³/mol. The Kier molecular flexibility index (Phi) is 5.59. The first-order valence-corrected chi connectivity index (χ1v) is 8.99. The number of carbonyl (C=O) groups excluding carboxylic acids is 1. The summed E-state index contributed by atoms with van der Waals surface area (Å²) in [4.78, 5) is 14.6. The van der Waals surface area contributed by atoms with Crippen molar-refractivity contribution in [1.29, 1.82) is 5.26 Å². The van der Waals surface area contributed by atoms with Gasteiger partial charge in [0, 0.05) is 24.5 Å². The second-order valence-corrected chi connectivity index (χ2v) is 6.91. The van der Waals surface area contributed by atoms with Gasteiger partial charge in [0.05, 0.1) is 18.2 Å². The monoisotopic (exact) mass is 370 g/mol. The highest BCUT2D eigenvalue weighted by Crippen LogP contribution is 2.30. The van der Waals surface area contributed by atoms with Crippen LogP contribution in [0.2, 0.25) is 0 Å². The molecule has 1 aromatic heterocycles. The average molecular weight is 370 g/mol. The van der Waals surface area contributed by atoms with E-state index in [1.807, 2.05) is 18.7 Å². The lowest BCUT2D eigenvalue weighted by Gasteiger charge is -2.28. The maximum Gasteiger partial charge on any atom is 0.239 e. The van der Waals surface area contributed by atoms with Crippen molar-refractivity contribution in [3.05, 3.63) is 46.9 Å². The molecule has 0 radical (unpaired) electrons. The number of benzene rings is 1. The summed E-state index contributed by atoms with van der Waals surface area (Å²) in [6.45, 7) is 5.22. The number of hydrogen-bond acceptors (Lipinski definition) is 4. The maximum atomic E-state index is 13.3. The van der Waals surface area contributed by atoms with Crippen LogP contribution < -0.4 is 5.32 Å². The number of aromatic nitrogens is 1. The van der Waals surface area contributed by atoms with Crippen molar-refractivity contribution in [2.75, 3.05) is 25.0 Å². The van der Waals surface area contributed by atoms with E-state index in [1.165, 1.54) is 12.1 Å². The van der Waals surface area contributed by atoms with E-state index in [4.69, 9.17) is 0 Å². The van der Waals surface area contributed by atoms with E-state index in [-0.39, 0.29) is 24.4 Å².